The van der Waals surface area contributed by atoms with Gasteiger partial charge in [0.2, 0.25) is 5.91 Å². The third-order valence-corrected chi connectivity index (χ3v) is 2.38. The molecule has 1 amide bonds. The molecule has 0 saturated carbocycles. The van der Waals surface area contributed by atoms with Crippen LogP contribution in [0.4, 0.5) is 0 Å². The zero-order valence-corrected chi connectivity index (χ0v) is 8.45. The maximum absolute atomic E-state index is 10.5. The zero-order chi connectivity index (χ0) is 10.7. The van der Waals surface area contributed by atoms with Crippen LogP contribution in [0.3, 0.4) is 0 Å². The Labute approximate surface area is 88.4 Å². The van der Waals surface area contributed by atoms with Crippen LogP contribution < -0.4 is 15.8 Å². The van der Waals surface area contributed by atoms with Crippen LogP contribution in [0.25, 0.3) is 0 Å². The SMILES string of the molecule is NC(=O)CNCc1ccc2c(c1)CCO2. The molecule has 1 aliphatic rings. The summed E-state index contributed by atoms with van der Waals surface area (Å²) < 4.78 is 5.40. The van der Waals surface area contributed by atoms with Gasteiger partial charge in [-0.3, -0.25) is 4.79 Å². The smallest absolute Gasteiger partial charge is 0.231 e. The molecule has 1 aromatic carbocycles. The van der Waals surface area contributed by atoms with Crippen molar-refractivity contribution in [1.29, 1.82) is 0 Å². The lowest BCUT2D eigenvalue weighted by Gasteiger charge is -2.04. The van der Waals surface area contributed by atoms with Crippen LogP contribution in [0.2, 0.25) is 0 Å². The van der Waals surface area contributed by atoms with Crippen LogP contribution in [0, 0.1) is 0 Å². The number of nitrogens with one attached hydrogen (secondary N) is 1. The van der Waals surface area contributed by atoms with Gasteiger partial charge in [0, 0.05) is 13.0 Å². The maximum Gasteiger partial charge on any atom is 0.231 e. The molecule has 1 aromatic rings. The molecule has 1 heterocycles. The largest absolute Gasteiger partial charge is 0.493 e. The summed E-state index contributed by atoms with van der Waals surface area (Å²) >= 11 is 0. The molecule has 15 heavy (non-hydrogen) atoms. The fourth-order valence-corrected chi connectivity index (χ4v) is 1.68. The first-order chi connectivity index (χ1) is 7.25. The van der Waals surface area contributed by atoms with Gasteiger partial charge in [0.15, 0.2) is 0 Å². The average Bonchev–Trinajstić information content (AvgIpc) is 2.64. The number of ether oxygens (including phenoxy) is 1. The summed E-state index contributed by atoms with van der Waals surface area (Å²) in [7, 11) is 0. The molecule has 0 aromatic heterocycles. The van der Waals surface area contributed by atoms with Crippen LogP contribution in [0.1, 0.15) is 11.1 Å². The van der Waals surface area contributed by atoms with Crippen LogP contribution in [-0.4, -0.2) is 19.1 Å². The number of primary amides is 1. The Bertz CT molecular complexity index is 377. The molecule has 0 fully saturated rings. The van der Waals surface area contributed by atoms with Crippen molar-refractivity contribution in [3.05, 3.63) is 29.3 Å². The molecule has 3 N–H and O–H groups in total. The lowest BCUT2D eigenvalue weighted by Crippen LogP contribution is -2.28. The highest BCUT2D eigenvalue weighted by atomic mass is 16.5. The second kappa shape index (κ2) is 4.31. The Hall–Kier alpha value is -1.55. The number of carbonyl (C=O) groups is 1. The van der Waals surface area contributed by atoms with Gasteiger partial charge in [-0.2, -0.15) is 0 Å². The molecule has 4 heteroatoms. The molecule has 2 rings (SSSR count). The van der Waals surface area contributed by atoms with Gasteiger partial charge in [0.05, 0.1) is 13.2 Å². The minimum Gasteiger partial charge on any atom is -0.493 e. The van der Waals surface area contributed by atoms with Crippen molar-refractivity contribution in [1.82, 2.24) is 5.32 Å². The van der Waals surface area contributed by atoms with Crippen molar-refractivity contribution in [3.63, 3.8) is 0 Å². The number of nitrogens with two attached hydrogens (primary N) is 1. The van der Waals surface area contributed by atoms with E-state index in [2.05, 4.69) is 11.4 Å². The first-order valence-corrected chi connectivity index (χ1v) is 4.99. The Morgan fingerprint density at radius 1 is 1.53 bits per heavy atom. The number of amides is 1. The minimum absolute atomic E-state index is 0.216. The van der Waals surface area contributed by atoms with Crippen molar-refractivity contribution < 1.29 is 9.53 Å². The molecule has 1 aliphatic heterocycles. The van der Waals surface area contributed by atoms with Crippen LogP contribution in [0.15, 0.2) is 18.2 Å². The van der Waals surface area contributed by atoms with Crippen LogP contribution in [0.5, 0.6) is 5.75 Å². The highest BCUT2D eigenvalue weighted by molar-refractivity contribution is 5.75. The van der Waals surface area contributed by atoms with E-state index in [4.69, 9.17) is 10.5 Å². The molecule has 4 nitrogen and oxygen atoms in total. The number of fused-ring (bicyclic) bond motifs is 1. The second-order valence-corrected chi connectivity index (χ2v) is 3.61. The molecule has 0 aliphatic carbocycles. The van der Waals surface area contributed by atoms with Gasteiger partial charge in [0.1, 0.15) is 5.75 Å². The van der Waals surface area contributed by atoms with E-state index in [1.54, 1.807) is 0 Å². The third kappa shape index (κ3) is 2.47. The molecule has 0 atom stereocenters. The summed E-state index contributed by atoms with van der Waals surface area (Å²) in [5, 5.41) is 2.98. The van der Waals surface area contributed by atoms with E-state index in [-0.39, 0.29) is 12.5 Å². The molecule has 0 unspecified atom stereocenters. The molecule has 80 valence electrons. The number of carbonyl (C=O) groups excluding carboxylic acids is 1. The molecule has 0 spiro atoms. The van der Waals surface area contributed by atoms with Crippen molar-refractivity contribution in [2.24, 2.45) is 5.73 Å². The zero-order valence-electron chi connectivity index (χ0n) is 8.45. The summed E-state index contributed by atoms with van der Waals surface area (Å²) in [6.45, 7) is 1.65. The first kappa shape index (κ1) is 9.98. The molecule has 0 bridgehead atoms. The van der Waals surface area contributed by atoms with Crippen LogP contribution >= 0.6 is 0 Å². The molecular weight excluding hydrogens is 192 g/mol. The summed E-state index contributed by atoms with van der Waals surface area (Å²) in [5.74, 6) is 0.646. The van der Waals surface area contributed by atoms with Gasteiger partial charge < -0.3 is 15.8 Å². The van der Waals surface area contributed by atoms with E-state index < -0.39 is 0 Å². The number of hydrogen-bond donors (Lipinski definition) is 2. The standard InChI is InChI=1S/C11H14N2O2/c12-11(14)7-13-6-8-1-2-10-9(5-8)3-4-15-10/h1-2,5,13H,3-4,6-7H2,(H2,12,14). The molecular formula is C11H14N2O2. The summed E-state index contributed by atoms with van der Waals surface area (Å²) in [4.78, 5) is 10.5. The van der Waals surface area contributed by atoms with Gasteiger partial charge >= 0.3 is 0 Å². The van der Waals surface area contributed by atoms with E-state index >= 15 is 0 Å². The topological polar surface area (TPSA) is 64.4 Å². The summed E-state index contributed by atoms with van der Waals surface area (Å²) in [5.41, 5.74) is 7.42. The Morgan fingerprint density at radius 2 is 2.40 bits per heavy atom. The highest BCUT2D eigenvalue weighted by Gasteiger charge is 2.11. The van der Waals surface area contributed by atoms with E-state index in [1.165, 1.54) is 5.56 Å². The van der Waals surface area contributed by atoms with Crippen molar-refractivity contribution in [2.75, 3.05) is 13.2 Å². The fraction of sp³-hybridized carbons (Fsp3) is 0.364. The highest BCUT2D eigenvalue weighted by Crippen LogP contribution is 2.25. The van der Waals surface area contributed by atoms with Gasteiger partial charge in [-0.1, -0.05) is 12.1 Å². The first-order valence-electron chi connectivity index (χ1n) is 4.99. The monoisotopic (exact) mass is 206 g/mol. The lowest BCUT2D eigenvalue weighted by atomic mass is 10.1. The second-order valence-electron chi connectivity index (χ2n) is 3.61. The quantitative estimate of drug-likeness (QED) is 0.739. The summed E-state index contributed by atoms with van der Waals surface area (Å²) in [6, 6.07) is 6.08. The Morgan fingerprint density at radius 3 is 3.20 bits per heavy atom. The van der Waals surface area contributed by atoms with E-state index in [0.29, 0.717) is 6.54 Å². The third-order valence-electron chi connectivity index (χ3n) is 2.38. The van der Waals surface area contributed by atoms with Crippen molar-refractivity contribution >= 4 is 5.91 Å². The summed E-state index contributed by atoms with van der Waals surface area (Å²) in [6.07, 6.45) is 0.971. The van der Waals surface area contributed by atoms with Crippen molar-refractivity contribution in [3.8, 4) is 5.75 Å². The Balaban J connectivity index is 1.95. The fourth-order valence-electron chi connectivity index (χ4n) is 1.68. The van der Waals surface area contributed by atoms with E-state index in [0.717, 1.165) is 24.3 Å². The normalized spacial score (nSPS) is 13.3. The van der Waals surface area contributed by atoms with E-state index in [9.17, 15) is 4.79 Å². The maximum atomic E-state index is 10.5. The Kier molecular flexibility index (Phi) is 2.87. The lowest BCUT2D eigenvalue weighted by molar-refractivity contribution is -0.117. The van der Waals surface area contributed by atoms with E-state index in [1.807, 2.05) is 12.1 Å². The number of benzene rings is 1. The van der Waals surface area contributed by atoms with Gasteiger partial charge in [-0.05, 0) is 17.2 Å². The predicted octanol–water partition coefficient (Wildman–Crippen LogP) is 0.196. The van der Waals surface area contributed by atoms with Crippen molar-refractivity contribution in [2.45, 2.75) is 13.0 Å². The van der Waals surface area contributed by atoms with Crippen LogP contribution in [-0.2, 0) is 17.8 Å². The molecule has 0 saturated heterocycles. The number of rotatable bonds is 4. The average molecular weight is 206 g/mol. The van der Waals surface area contributed by atoms with Gasteiger partial charge in [-0.25, -0.2) is 0 Å². The number of hydrogen-bond acceptors (Lipinski definition) is 3. The van der Waals surface area contributed by atoms with Gasteiger partial charge in [-0.15, -0.1) is 0 Å². The predicted molar refractivity (Wildman–Crippen MR) is 56.5 cm³/mol. The molecule has 0 radical (unpaired) electrons. The van der Waals surface area contributed by atoms with Gasteiger partial charge in [0.25, 0.3) is 0 Å². The minimum atomic E-state index is -0.334.